The van der Waals surface area contributed by atoms with E-state index in [0.717, 1.165) is 16.9 Å². The molecule has 0 heterocycles. The second-order valence-corrected chi connectivity index (χ2v) is 7.69. The van der Waals surface area contributed by atoms with Crippen molar-refractivity contribution in [2.75, 3.05) is 19.3 Å². The summed E-state index contributed by atoms with van der Waals surface area (Å²) in [6, 6.07) is 17.9. The molecule has 5 heteroatoms. The molecule has 0 aliphatic rings. The summed E-state index contributed by atoms with van der Waals surface area (Å²) >= 11 is 1.67. The van der Waals surface area contributed by atoms with Crippen molar-refractivity contribution in [3.05, 3.63) is 65.7 Å². The van der Waals surface area contributed by atoms with E-state index in [4.69, 9.17) is 0 Å². The summed E-state index contributed by atoms with van der Waals surface area (Å²) in [5, 5.41) is 2.65. The van der Waals surface area contributed by atoms with Gasteiger partial charge in [-0.15, -0.1) is 11.8 Å². The maximum absolute atomic E-state index is 12.8. The lowest BCUT2D eigenvalue weighted by molar-refractivity contribution is -0.139. The van der Waals surface area contributed by atoms with Crippen molar-refractivity contribution in [1.29, 1.82) is 0 Å². The van der Waals surface area contributed by atoms with Crippen LogP contribution in [0.2, 0.25) is 0 Å². The SMILES string of the molecule is CNC(=O)C(C)N(CCc1ccccc1)C(=O)CCSc1ccc(C)cc1. The van der Waals surface area contributed by atoms with Crippen molar-refractivity contribution in [2.45, 2.75) is 37.6 Å². The zero-order valence-electron chi connectivity index (χ0n) is 16.3. The first kappa shape index (κ1) is 21.0. The maximum Gasteiger partial charge on any atom is 0.242 e. The lowest BCUT2D eigenvalue weighted by atomic mass is 10.1. The van der Waals surface area contributed by atoms with Crippen LogP contribution in [0.25, 0.3) is 0 Å². The number of hydrogen-bond donors (Lipinski definition) is 1. The number of likely N-dealkylation sites (N-methyl/N-ethyl adjacent to an activating group) is 1. The van der Waals surface area contributed by atoms with Crippen LogP contribution in [0.1, 0.15) is 24.5 Å². The second kappa shape index (κ2) is 10.8. The van der Waals surface area contributed by atoms with Gasteiger partial charge in [0.25, 0.3) is 0 Å². The molecule has 2 aromatic carbocycles. The number of hydrogen-bond acceptors (Lipinski definition) is 3. The van der Waals surface area contributed by atoms with Crippen molar-refractivity contribution in [1.82, 2.24) is 10.2 Å². The Morgan fingerprint density at radius 3 is 2.37 bits per heavy atom. The van der Waals surface area contributed by atoms with Gasteiger partial charge in [-0.1, -0.05) is 48.0 Å². The molecule has 27 heavy (non-hydrogen) atoms. The number of carbonyl (C=O) groups excluding carboxylic acids is 2. The lowest BCUT2D eigenvalue weighted by Crippen LogP contribution is -2.48. The minimum Gasteiger partial charge on any atom is -0.357 e. The third-order valence-electron chi connectivity index (χ3n) is 4.50. The average Bonchev–Trinajstić information content (AvgIpc) is 2.69. The van der Waals surface area contributed by atoms with Gasteiger partial charge in [-0.25, -0.2) is 0 Å². The molecular weight excluding hydrogens is 356 g/mol. The fourth-order valence-electron chi connectivity index (χ4n) is 2.81. The number of benzene rings is 2. The minimum absolute atomic E-state index is 0.0154. The molecule has 0 saturated carbocycles. The van der Waals surface area contributed by atoms with Crippen LogP contribution in [0.5, 0.6) is 0 Å². The van der Waals surface area contributed by atoms with Gasteiger partial charge in [-0.05, 0) is 38.0 Å². The summed E-state index contributed by atoms with van der Waals surface area (Å²) in [4.78, 5) is 27.7. The van der Waals surface area contributed by atoms with E-state index in [1.807, 2.05) is 30.3 Å². The normalized spacial score (nSPS) is 11.7. The van der Waals surface area contributed by atoms with Crippen LogP contribution < -0.4 is 5.32 Å². The van der Waals surface area contributed by atoms with Crippen LogP contribution in [0.4, 0.5) is 0 Å². The Balaban J connectivity index is 1.94. The predicted molar refractivity (Wildman–Crippen MR) is 112 cm³/mol. The average molecular weight is 385 g/mol. The molecule has 2 amide bonds. The van der Waals surface area contributed by atoms with Gasteiger partial charge in [-0.2, -0.15) is 0 Å². The molecule has 0 aromatic heterocycles. The first-order valence-corrected chi connectivity index (χ1v) is 10.2. The second-order valence-electron chi connectivity index (χ2n) is 6.52. The molecule has 2 rings (SSSR count). The predicted octanol–water partition coefficient (Wildman–Crippen LogP) is 3.68. The highest BCUT2D eigenvalue weighted by atomic mass is 32.2. The van der Waals surface area contributed by atoms with E-state index in [-0.39, 0.29) is 11.8 Å². The Hall–Kier alpha value is -2.27. The molecule has 1 N–H and O–H groups in total. The molecule has 0 aliphatic carbocycles. The van der Waals surface area contributed by atoms with E-state index in [2.05, 4.69) is 36.5 Å². The van der Waals surface area contributed by atoms with Crippen molar-refractivity contribution < 1.29 is 9.59 Å². The summed E-state index contributed by atoms with van der Waals surface area (Å²) in [5.41, 5.74) is 2.38. The van der Waals surface area contributed by atoms with E-state index in [1.54, 1.807) is 30.6 Å². The molecule has 0 bridgehead atoms. The van der Waals surface area contributed by atoms with Gasteiger partial charge < -0.3 is 10.2 Å². The maximum atomic E-state index is 12.8. The number of nitrogens with zero attached hydrogens (tertiary/aromatic N) is 1. The zero-order valence-corrected chi connectivity index (χ0v) is 17.1. The third kappa shape index (κ3) is 6.75. The Labute approximate surface area is 166 Å². The van der Waals surface area contributed by atoms with E-state index < -0.39 is 6.04 Å². The summed E-state index contributed by atoms with van der Waals surface area (Å²) in [6.07, 6.45) is 1.15. The van der Waals surface area contributed by atoms with Crippen molar-refractivity contribution in [3.63, 3.8) is 0 Å². The summed E-state index contributed by atoms with van der Waals surface area (Å²) < 4.78 is 0. The van der Waals surface area contributed by atoms with E-state index >= 15 is 0 Å². The Morgan fingerprint density at radius 1 is 1.07 bits per heavy atom. The van der Waals surface area contributed by atoms with E-state index in [9.17, 15) is 9.59 Å². The molecule has 2 aromatic rings. The number of nitrogens with one attached hydrogen (secondary N) is 1. The molecular formula is C22H28N2O2S. The summed E-state index contributed by atoms with van der Waals surface area (Å²) in [6.45, 7) is 4.38. The number of aryl methyl sites for hydroxylation is 1. The highest BCUT2D eigenvalue weighted by molar-refractivity contribution is 7.99. The van der Waals surface area contributed by atoms with Crippen LogP contribution in [-0.2, 0) is 16.0 Å². The smallest absolute Gasteiger partial charge is 0.242 e. The van der Waals surface area contributed by atoms with Crippen LogP contribution in [0.3, 0.4) is 0 Å². The highest BCUT2D eigenvalue weighted by Gasteiger charge is 2.24. The molecule has 0 spiro atoms. The minimum atomic E-state index is -0.476. The zero-order chi connectivity index (χ0) is 19.6. The number of amides is 2. The molecule has 1 atom stereocenters. The molecule has 0 saturated heterocycles. The first-order chi connectivity index (χ1) is 13.0. The number of carbonyl (C=O) groups is 2. The number of rotatable bonds is 9. The first-order valence-electron chi connectivity index (χ1n) is 9.25. The molecule has 0 fully saturated rings. The van der Waals surface area contributed by atoms with Crippen LogP contribution in [0.15, 0.2) is 59.5 Å². The topological polar surface area (TPSA) is 49.4 Å². The van der Waals surface area contributed by atoms with Crippen LogP contribution in [-0.4, -0.2) is 42.1 Å². The van der Waals surface area contributed by atoms with Gasteiger partial charge in [0.2, 0.25) is 11.8 Å². The quantitative estimate of drug-likeness (QED) is 0.671. The summed E-state index contributed by atoms with van der Waals surface area (Å²) in [7, 11) is 1.60. The standard InChI is InChI=1S/C22H28N2O2S/c1-17-9-11-20(12-10-17)27-16-14-21(25)24(18(2)22(26)23-3)15-13-19-7-5-4-6-8-19/h4-12,18H,13-16H2,1-3H3,(H,23,26). The molecule has 0 radical (unpaired) electrons. The van der Waals surface area contributed by atoms with Gasteiger partial charge in [-0.3, -0.25) is 9.59 Å². The lowest BCUT2D eigenvalue weighted by Gasteiger charge is -2.28. The van der Waals surface area contributed by atoms with E-state index in [0.29, 0.717) is 18.7 Å². The summed E-state index contributed by atoms with van der Waals surface area (Å²) in [5.74, 6) is 0.578. The van der Waals surface area contributed by atoms with Crippen molar-refractivity contribution in [2.24, 2.45) is 0 Å². The van der Waals surface area contributed by atoms with Crippen molar-refractivity contribution in [3.8, 4) is 0 Å². The fraction of sp³-hybridized carbons (Fsp3) is 0.364. The molecule has 1 unspecified atom stereocenters. The van der Waals surface area contributed by atoms with Gasteiger partial charge in [0, 0.05) is 30.7 Å². The van der Waals surface area contributed by atoms with Crippen molar-refractivity contribution >= 4 is 23.6 Å². The van der Waals surface area contributed by atoms with Gasteiger partial charge in [0.15, 0.2) is 0 Å². The Bertz CT molecular complexity index is 732. The molecule has 4 nitrogen and oxygen atoms in total. The van der Waals surface area contributed by atoms with Crippen LogP contribution >= 0.6 is 11.8 Å². The van der Waals surface area contributed by atoms with E-state index in [1.165, 1.54) is 5.56 Å². The molecule has 144 valence electrons. The van der Waals surface area contributed by atoms with Gasteiger partial charge >= 0.3 is 0 Å². The Kier molecular flexibility index (Phi) is 8.40. The third-order valence-corrected chi connectivity index (χ3v) is 5.52. The monoisotopic (exact) mass is 384 g/mol. The van der Waals surface area contributed by atoms with Gasteiger partial charge in [0.1, 0.15) is 6.04 Å². The Morgan fingerprint density at radius 2 is 1.74 bits per heavy atom. The van der Waals surface area contributed by atoms with Gasteiger partial charge in [0.05, 0.1) is 0 Å². The number of thioether (sulfide) groups is 1. The largest absolute Gasteiger partial charge is 0.357 e. The van der Waals surface area contributed by atoms with Crippen LogP contribution in [0, 0.1) is 6.92 Å². The fourth-order valence-corrected chi connectivity index (χ4v) is 3.65. The highest BCUT2D eigenvalue weighted by Crippen LogP contribution is 2.20. The molecule has 0 aliphatic heterocycles.